The summed E-state index contributed by atoms with van der Waals surface area (Å²) in [6.45, 7) is 7.46. The molecule has 0 aliphatic carbocycles. The average Bonchev–Trinajstić information content (AvgIpc) is 2.93. The highest BCUT2D eigenvalue weighted by atomic mass is 15.3. The monoisotopic (exact) mass is 271 g/mol. The van der Waals surface area contributed by atoms with E-state index in [2.05, 4.69) is 48.5 Å². The summed E-state index contributed by atoms with van der Waals surface area (Å²) in [7, 11) is 0. The predicted molar refractivity (Wildman–Crippen MR) is 83.5 cm³/mol. The zero-order valence-corrected chi connectivity index (χ0v) is 12.5. The Hall–Kier alpha value is -1.61. The van der Waals surface area contributed by atoms with Gasteiger partial charge in [0.2, 0.25) is 0 Å². The largest absolute Gasteiger partial charge is 0.313 e. The lowest BCUT2D eigenvalue weighted by atomic mass is 10.0. The topological polar surface area (TPSA) is 29.9 Å². The highest BCUT2D eigenvalue weighted by Gasteiger charge is 1.98. The van der Waals surface area contributed by atoms with Crippen LogP contribution in [0.1, 0.15) is 31.4 Å². The molecule has 0 bridgehead atoms. The molecule has 0 saturated carbocycles. The van der Waals surface area contributed by atoms with Gasteiger partial charge < -0.3 is 5.32 Å². The van der Waals surface area contributed by atoms with Crippen LogP contribution in [0.5, 0.6) is 0 Å². The van der Waals surface area contributed by atoms with Crippen molar-refractivity contribution in [2.24, 2.45) is 5.92 Å². The molecule has 0 spiro atoms. The molecule has 0 aliphatic heterocycles. The molecule has 1 N–H and O–H groups in total. The molecule has 20 heavy (non-hydrogen) atoms. The Morgan fingerprint density at radius 1 is 1.15 bits per heavy atom. The molecule has 0 amide bonds. The molecule has 0 atom stereocenters. The Labute approximate surface area is 122 Å². The van der Waals surface area contributed by atoms with Crippen molar-refractivity contribution in [3.05, 3.63) is 53.9 Å². The van der Waals surface area contributed by atoms with Crippen molar-refractivity contribution in [1.82, 2.24) is 15.1 Å². The van der Waals surface area contributed by atoms with Crippen LogP contribution in [-0.4, -0.2) is 16.3 Å². The van der Waals surface area contributed by atoms with Crippen molar-refractivity contribution in [3.8, 4) is 0 Å². The smallest absolute Gasteiger partial charge is 0.0489 e. The van der Waals surface area contributed by atoms with Crippen LogP contribution < -0.4 is 5.32 Å². The van der Waals surface area contributed by atoms with Crippen molar-refractivity contribution in [1.29, 1.82) is 0 Å². The fourth-order valence-electron chi connectivity index (χ4n) is 2.30. The number of nitrogens with one attached hydrogen (secondary N) is 1. The summed E-state index contributed by atoms with van der Waals surface area (Å²) in [4.78, 5) is 0. The second-order valence-electron chi connectivity index (χ2n) is 5.71. The third-order valence-electron chi connectivity index (χ3n) is 3.30. The number of hydrogen-bond acceptors (Lipinski definition) is 2. The van der Waals surface area contributed by atoms with Crippen LogP contribution in [0, 0.1) is 5.92 Å². The Morgan fingerprint density at radius 3 is 2.55 bits per heavy atom. The molecule has 1 aromatic heterocycles. The molecule has 3 heteroatoms. The van der Waals surface area contributed by atoms with Crippen LogP contribution in [-0.2, 0) is 19.5 Å². The molecule has 1 heterocycles. The molecule has 0 fully saturated rings. The molecular formula is C17H25N3. The fraction of sp³-hybridized carbons (Fsp3) is 0.471. The second-order valence-corrected chi connectivity index (χ2v) is 5.71. The highest BCUT2D eigenvalue weighted by molar-refractivity contribution is 5.22. The highest BCUT2D eigenvalue weighted by Crippen LogP contribution is 2.09. The summed E-state index contributed by atoms with van der Waals surface area (Å²) in [6.07, 6.45) is 6.10. The van der Waals surface area contributed by atoms with E-state index in [1.165, 1.54) is 11.1 Å². The van der Waals surface area contributed by atoms with Crippen LogP contribution in [0.4, 0.5) is 0 Å². The number of nitrogens with zero attached hydrogens (tertiary/aromatic N) is 2. The van der Waals surface area contributed by atoms with Gasteiger partial charge in [-0.3, -0.25) is 4.68 Å². The minimum atomic E-state index is 0.723. The third kappa shape index (κ3) is 5.17. The zero-order valence-electron chi connectivity index (χ0n) is 12.5. The maximum atomic E-state index is 4.19. The van der Waals surface area contributed by atoms with Gasteiger partial charge in [0.25, 0.3) is 0 Å². The second kappa shape index (κ2) is 7.85. The summed E-state index contributed by atoms with van der Waals surface area (Å²) in [5.41, 5.74) is 2.79. The predicted octanol–water partition coefficient (Wildman–Crippen LogP) is 3.26. The first kappa shape index (κ1) is 14.8. The molecule has 0 saturated heterocycles. The normalized spacial score (nSPS) is 11.2. The van der Waals surface area contributed by atoms with Crippen LogP contribution in [0.2, 0.25) is 0 Å². The quantitative estimate of drug-likeness (QED) is 0.747. The van der Waals surface area contributed by atoms with E-state index >= 15 is 0 Å². The van der Waals surface area contributed by atoms with Gasteiger partial charge in [-0.1, -0.05) is 38.1 Å². The lowest BCUT2D eigenvalue weighted by Crippen LogP contribution is -2.16. The molecule has 2 rings (SSSR count). The number of rotatable bonds is 8. The lowest BCUT2D eigenvalue weighted by Gasteiger charge is -2.08. The van der Waals surface area contributed by atoms with E-state index in [9.17, 15) is 0 Å². The lowest BCUT2D eigenvalue weighted by molar-refractivity contribution is 0.543. The standard InChI is InChI=1S/C17H25N3/c1-15(2)13-16-5-7-17(8-6-16)14-18-9-3-11-20-12-4-10-19-20/h4-8,10,12,15,18H,3,9,11,13-14H2,1-2H3. The molecular weight excluding hydrogens is 246 g/mol. The number of benzene rings is 1. The first-order valence-corrected chi connectivity index (χ1v) is 7.50. The molecule has 0 unspecified atom stereocenters. The Bertz CT molecular complexity index is 471. The van der Waals surface area contributed by atoms with E-state index < -0.39 is 0 Å². The molecule has 2 aromatic rings. The van der Waals surface area contributed by atoms with Crippen LogP contribution in [0.25, 0.3) is 0 Å². The SMILES string of the molecule is CC(C)Cc1ccc(CNCCCn2cccn2)cc1. The van der Waals surface area contributed by atoms with Gasteiger partial charge in [-0.2, -0.15) is 5.10 Å². The Balaban J connectivity index is 1.64. The average molecular weight is 271 g/mol. The van der Waals surface area contributed by atoms with Gasteiger partial charge in [-0.05, 0) is 42.5 Å². The first-order valence-electron chi connectivity index (χ1n) is 7.50. The summed E-state index contributed by atoms with van der Waals surface area (Å²) in [5.74, 6) is 0.723. The van der Waals surface area contributed by atoms with Gasteiger partial charge in [0, 0.05) is 25.5 Å². The van der Waals surface area contributed by atoms with Gasteiger partial charge in [0.1, 0.15) is 0 Å². The van der Waals surface area contributed by atoms with E-state index in [-0.39, 0.29) is 0 Å². The van der Waals surface area contributed by atoms with E-state index in [0.717, 1.165) is 38.4 Å². The maximum Gasteiger partial charge on any atom is 0.0489 e. The Kier molecular flexibility index (Phi) is 5.81. The molecule has 1 aromatic carbocycles. The van der Waals surface area contributed by atoms with Gasteiger partial charge in [0.15, 0.2) is 0 Å². The number of aromatic nitrogens is 2. The summed E-state index contributed by atoms with van der Waals surface area (Å²) < 4.78 is 1.97. The van der Waals surface area contributed by atoms with Crippen LogP contribution >= 0.6 is 0 Å². The van der Waals surface area contributed by atoms with Crippen molar-refractivity contribution in [2.75, 3.05) is 6.54 Å². The zero-order chi connectivity index (χ0) is 14.2. The number of aryl methyl sites for hydroxylation is 1. The van der Waals surface area contributed by atoms with Crippen LogP contribution in [0.15, 0.2) is 42.7 Å². The summed E-state index contributed by atoms with van der Waals surface area (Å²) >= 11 is 0. The maximum absolute atomic E-state index is 4.19. The van der Waals surface area contributed by atoms with Crippen molar-refractivity contribution >= 4 is 0 Å². The Morgan fingerprint density at radius 2 is 1.90 bits per heavy atom. The minimum Gasteiger partial charge on any atom is -0.313 e. The van der Waals surface area contributed by atoms with Gasteiger partial charge in [-0.25, -0.2) is 0 Å². The number of hydrogen-bond donors (Lipinski definition) is 1. The van der Waals surface area contributed by atoms with E-state index in [1.54, 1.807) is 0 Å². The van der Waals surface area contributed by atoms with E-state index in [4.69, 9.17) is 0 Å². The van der Waals surface area contributed by atoms with Crippen LogP contribution in [0.3, 0.4) is 0 Å². The van der Waals surface area contributed by atoms with E-state index in [1.807, 2.05) is 23.1 Å². The molecule has 108 valence electrons. The van der Waals surface area contributed by atoms with Crippen molar-refractivity contribution in [3.63, 3.8) is 0 Å². The fourth-order valence-corrected chi connectivity index (χ4v) is 2.30. The third-order valence-corrected chi connectivity index (χ3v) is 3.30. The molecule has 3 nitrogen and oxygen atoms in total. The summed E-state index contributed by atoms with van der Waals surface area (Å²) in [6, 6.07) is 10.9. The minimum absolute atomic E-state index is 0.723. The van der Waals surface area contributed by atoms with E-state index in [0.29, 0.717) is 0 Å². The van der Waals surface area contributed by atoms with Gasteiger partial charge in [0.05, 0.1) is 0 Å². The van der Waals surface area contributed by atoms with Crippen molar-refractivity contribution < 1.29 is 0 Å². The molecule has 0 aliphatic rings. The van der Waals surface area contributed by atoms with Gasteiger partial charge in [-0.15, -0.1) is 0 Å². The molecule has 0 radical (unpaired) electrons. The summed E-state index contributed by atoms with van der Waals surface area (Å²) in [5, 5.41) is 7.68. The first-order chi connectivity index (χ1) is 9.74. The van der Waals surface area contributed by atoms with Crippen molar-refractivity contribution in [2.45, 2.75) is 39.8 Å². The van der Waals surface area contributed by atoms with Gasteiger partial charge >= 0.3 is 0 Å².